The smallest absolute Gasteiger partial charge is 0.311 e. The van der Waals surface area contributed by atoms with E-state index in [4.69, 9.17) is 18.9 Å². The van der Waals surface area contributed by atoms with Crippen LogP contribution in [0.1, 0.15) is 127 Å². The van der Waals surface area contributed by atoms with Crippen LogP contribution in [0.15, 0.2) is 0 Å². The molecule has 0 unspecified atom stereocenters. The fourth-order valence-electron chi connectivity index (χ4n) is 8.40. The van der Waals surface area contributed by atoms with Gasteiger partial charge < -0.3 is 54.5 Å². The minimum Gasteiger partial charge on any atom is -0.459 e. The molecule has 2 aliphatic heterocycles. The van der Waals surface area contributed by atoms with E-state index in [1.807, 2.05) is 46.8 Å². The van der Waals surface area contributed by atoms with Gasteiger partial charge in [0.15, 0.2) is 6.29 Å². The molecule has 0 saturated carbocycles. The molecule has 1 amide bonds. The summed E-state index contributed by atoms with van der Waals surface area (Å²) in [4.78, 5) is 30.0. The van der Waals surface area contributed by atoms with Crippen molar-refractivity contribution in [3.8, 4) is 0 Å². The first-order valence-electron chi connectivity index (χ1n) is 20.8. The fraction of sp³-hybridized carbons (Fsp3) is 0.951. The SMILES string of the molecule is CCCCCCCC(=O)NCCCO[C@H]1[C@H](O[C@@H]2[C@@H](C)[C@H](O)[C@@H](C)C(=O)O[C@H](CC)[C@@](C)(O)[C@H](O)[C@@H](C)N(C)C[C@H](C)C[C@@]2(C)O)O[C@H](C)C[C@@H]1N(C)C. The standard InChI is InChI=1S/C41H79N3O10/c1-13-15-16-17-18-20-33(45)42-21-19-22-51-35-31(43(10)11)23-27(4)52-39(35)54-37-28(5)34(46)29(6)38(48)53-32(14-2)41(9,50)36(47)30(7)44(12)25-26(3)24-40(37,8)49/h26-32,34-37,39,46-47,49-50H,13-25H2,1-12H3,(H,42,45)/t26-,27-,28+,29-,30-,31+,32-,34+,35-,36-,37-,39+,40-,41-/m1/s1. The molecule has 54 heavy (non-hydrogen) atoms. The third-order valence-corrected chi connectivity index (χ3v) is 11.9. The quantitative estimate of drug-likeness (QED) is 0.121. The molecule has 2 rings (SSSR count). The average molecular weight is 774 g/mol. The molecule has 2 saturated heterocycles. The highest BCUT2D eigenvalue weighted by Gasteiger charge is 2.50. The second kappa shape index (κ2) is 22.5. The summed E-state index contributed by atoms with van der Waals surface area (Å²) in [5.41, 5.74) is -3.27. The lowest BCUT2D eigenvalue weighted by molar-refractivity contribution is -0.306. The van der Waals surface area contributed by atoms with Crippen LogP contribution in [0.3, 0.4) is 0 Å². The molecule has 0 aromatic carbocycles. The minimum atomic E-state index is -1.76. The van der Waals surface area contributed by atoms with Gasteiger partial charge in [-0.15, -0.1) is 0 Å². The number of carbonyl (C=O) groups is 2. The highest BCUT2D eigenvalue weighted by Crippen LogP contribution is 2.37. The number of carbonyl (C=O) groups excluding carboxylic acids is 2. The van der Waals surface area contributed by atoms with Crippen molar-refractivity contribution in [1.29, 1.82) is 0 Å². The van der Waals surface area contributed by atoms with Crippen molar-refractivity contribution < 1.29 is 49.0 Å². The Balaban J connectivity index is 2.37. The number of cyclic esters (lactones) is 1. The van der Waals surface area contributed by atoms with Gasteiger partial charge in [0.05, 0.1) is 29.8 Å². The van der Waals surface area contributed by atoms with Crippen molar-refractivity contribution in [3.63, 3.8) is 0 Å². The first-order chi connectivity index (χ1) is 25.2. The summed E-state index contributed by atoms with van der Waals surface area (Å²) in [5, 5.41) is 49.9. The minimum absolute atomic E-state index is 0.0488. The maximum absolute atomic E-state index is 13.6. The van der Waals surface area contributed by atoms with Gasteiger partial charge in [-0.3, -0.25) is 9.59 Å². The lowest BCUT2D eigenvalue weighted by Crippen LogP contribution is -2.60. The van der Waals surface area contributed by atoms with Gasteiger partial charge in [0, 0.05) is 44.1 Å². The van der Waals surface area contributed by atoms with Gasteiger partial charge in [0.25, 0.3) is 0 Å². The van der Waals surface area contributed by atoms with Crippen LogP contribution in [0.5, 0.6) is 0 Å². The summed E-state index contributed by atoms with van der Waals surface area (Å²) >= 11 is 0. The van der Waals surface area contributed by atoms with E-state index in [0.717, 1.165) is 19.3 Å². The lowest BCUT2D eigenvalue weighted by Gasteiger charge is -2.48. The summed E-state index contributed by atoms with van der Waals surface area (Å²) in [5.74, 6) is -2.61. The maximum Gasteiger partial charge on any atom is 0.311 e. The van der Waals surface area contributed by atoms with Crippen LogP contribution in [0, 0.1) is 17.8 Å². The number of amides is 1. The highest BCUT2D eigenvalue weighted by atomic mass is 16.7. The molecule has 13 nitrogen and oxygen atoms in total. The Bertz CT molecular complexity index is 1110. The monoisotopic (exact) mass is 774 g/mol. The number of nitrogens with zero attached hydrogens (tertiary/aromatic N) is 2. The van der Waals surface area contributed by atoms with Crippen molar-refractivity contribution in [3.05, 3.63) is 0 Å². The van der Waals surface area contributed by atoms with Crippen LogP contribution in [0.2, 0.25) is 0 Å². The summed E-state index contributed by atoms with van der Waals surface area (Å²) in [7, 11) is 5.81. The molecule has 0 spiro atoms. The van der Waals surface area contributed by atoms with E-state index in [1.165, 1.54) is 19.8 Å². The summed E-state index contributed by atoms with van der Waals surface area (Å²) in [6.07, 6.45) is 1.53. The number of aliphatic hydroxyl groups is 4. The van der Waals surface area contributed by atoms with Crippen LogP contribution in [-0.4, -0.2) is 149 Å². The molecule has 318 valence electrons. The van der Waals surface area contributed by atoms with Crippen molar-refractivity contribution in [2.75, 3.05) is 40.8 Å². The van der Waals surface area contributed by atoms with Gasteiger partial charge in [0.1, 0.15) is 23.9 Å². The van der Waals surface area contributed by atoms with E-state index in [2.05, 4.69) is 17.1 Å². The number of nitrogens with one attached hydrogen (secondary N) is 1. The third kappa shape index (κ3) is 13.9. The highest BCUT2D eigenvalue weighted by molar-refractivity contribution is 5.75. The predicted molar refractivity (Wildman–Crippen MR) is 210 cm³/mol. The van der Waals surface area contributed by atoms with E-state index in [9.17, 15) is 30.0 Å². The second-order valence-corrected chi connectivity index (χ2v) is 17.3. The second-order valence-electron chi connectivity index (χ2n) is 17.3. The Hall–Kier alpha value is -1.42. The third-order valence-electron chi connectivity index (χ3n) is 11.9. The number of ether oxygens (including phenoxy) is 4. The number of rotatable bonds is 15. The molecule has 2 fully saturated rings. The molecule has 0 aromatic rings. The zero-order valence-corrected chi connectivity index (χ0v) is 35.8. The fourth-order valence-corrected chi connectivity index (χ4v) is 8.40. The first kappa shape index (κ1) is 48.7. The summed E-state index contributed by atoms with van der Waals surface area (Å²) in [6, 6.07) is -0.599. The molecule has 0 bridgehead atoms. The Morgan fingerprint density at radius 2 is 1.67 bits per heavy atom. The molecule has 13 heteroatoms. The van der Waals surface area contributed by atoms with Gasteiger partial charge in [-0.25, -0.2) is 0 Å². The molecular weight excluding hydrogens is 694 g/mol. The van der Waals surface area contributed by atoms with Crippen LogP contribution < -0.4 is 5.32 Å². The van der Waals surface area contributed by atoms with Crippen molar-refractivity contribution in [2.24, 2.45) is 17.8 Å². The van der Waals surface area contributed by atoms with Crippen LogP contribution in [0.4, 0.5) is 0 Å². The molecule has 2 aliphatic rings. The number of hydrogen-bond acceptors (Lipinski definition) is 12. The van der Waals surface area contributed by atoms with Gasteiger partial charge in [-0.1, -0.05) is 53.4 Å². The molecule has 5 N–H and O–H groups in total. The number of unbranched alkanes of at least 4 members (excludes halogenated alkanes) is 4. The summed E-state index contributed by atoms with van der Waals surface area (Å²) in [6.45, 7) is 17.5. The molecule has 14 atom stereocenters. The van der Waals surface area contributed by atoms with E-state index in [1.54, 1.807) is 27.7 Å². The zero-order chi connectivity index (χ0) is 41.0. The number of aliphatic hydroxyl groups excluding tert-OH is 2. The number of likely N-dealkylation sites (N-methyl/N-ethyl adjacent to an activating group) is 2. The first-order valence-corrected chi connectivity index (χ1v) is 20.8. The maximum atomic E-state index is 13.6. The van der Waals surface area contributed by atoms with E-state index in [-0.39, 0.29) is 36.8 Å². The van der Waals surface area contributed by atoms with Crippen LogP contribution in [-0.2, 0) is 28.5 Å². The van der Waals surface area contributed by atoms with Crippen molar-refractivity contribution >= 4 is 11.9 Å². The molecule has 2 heterocycles. The topological polar surface area (TPSA) is 170 Å². The Morgan fingerprint density at radius 3 is 2.28 bits per heavy atom. The van der Waals surface area contributed by atoms with Gasteiger partial charge in [-0.05, 0) is 93.8 Å². The molecule has 0 aromatic heterocycles. The van der Waals surface area contributed by atoms with Crippen molar-refractivity contribution in [1.82, 2.24) is 15.1 Å². The molecule has 0 aliphatic carbocycles. The van der Waals surface area contributed by atoms with Crippen LogP contribution in [0.25, 0.3) is 0 Å². The lowest BCUT2D eigenvalue weighted by atomic mass is 9.78. The Morgan fingerprint density at radius 1 is 1.02 bits per heavy atom. The van der Waals surface area contributed by atoms with Gasteiger partial charge >= 0.3 is 5.97 Å². The van der Waals surface area contributed by atoms with E-state index in [0.29, 0.717) is 39.0 Å². The zero-order valence-electron chi connectivity index (χ0n) is 35.8. The summed E-state index contributed by atoms with van der Waals surface area (Å²) < 4.78 is 25.6. The normalized spacial score (nSPS) is 39.5. The van der Waals surface area contributed by atoms with Gasteiger partial charge in [-0.2, -0.15) is 0 Å². The molecule has 0 radical (unpaired) electrons. The van der Waals surface area contributed by atoms with Crippen molar-refractivity contribution in [2.45, 2.75) is 193 Å². The van der Waals surface area contributed by atoms with E-state index < -0.39 is 71.9 Å². The van der Waals surface area contributed by atoms with Crippen LogP contribution >= 0.6 is 0 Å². The number of esters is 1. The average Bonchev–Trinajstić information content (AvgIpc) is 3.10. The molecular formula is C41H79N3O10. The largest absolute Gasteiger partial charge is 0.459 e. The predicted octanol–water partition coefficient (Wildman–Crippen LogP) is 3.87. The Labute approximate surface area is 326 Å². The number of hydrogen-bond donors (Lipinski definition) is 5. The Kier molecular flexibility index (Phi) is 20.3. The van der Waals surface area contributed by atoms with E-state index >= 15 is 0 Å². The van der Waals surface area contributed by atoms with Gasteiger partial charge in [0.2, 0.25) is 5.91 Å².